The van der Waals surface area contributed by atoms with Crippen molar-refractivity contribution in [3.05, 3.63) is 70.6 Å². The van der Waals surface area contributed by atoms with E-state index < -0.39 is 5.97 Å². The number of hydrogen-bond acceptors (Lipinski definition) is 6. The van der Waals surface area contributed by atoms with Gasteiger partial charge in [-0.3, -0.25) is 4.79 Å². The van der Waals surface area contributed by atoms with Gasteiger partial charge in [-0.1, -0.05) is 36.4 Å². The Bertz CT molecular complexity index is 953. The maximum atomic E-state index is 12.4. The van der Waals surface area contributed by atoms with Crippen LogP contribution in [0.25, 0.3) is 10.8 Å². The number of aliphatic hydroxyl groups excluding tert-OH is 1. The molecule has 0 aliphatic heterocycles. The number of aromatic nitrogens is 2. The maximum absolute atomic E-state index is 12.4. The molecule has 0 aliphatic rings. The predicted octanol–water partition coefficient (Wildman–Crippen LogP) is 1.62. The summed E-state index contributed by atoms with van der Waals surface area (Å²) in [6.45, 7) is -0.0153. The summed E-state index contributed by atoms with van der Waals surface area (Å²) in [6.07, 6.45) is 0. The van der Waals surface area contributed by atoms with E-state index in [1.807, 2.05) is 30.3 Å². The van der Waals surface area contributed by atoms with Crippen LogP contribution < -0.4 is 10.3 Å². The largest absolute Gasteiger partial charge is 0.490 e. The molecule has 0 saturated carbocycles. The zero-order valence-corrected chi connectivity index (χ0v) is 14.0. The molecule has 1 aromatic heterocycles. The van der Waals surface area contributed by atoms with E-state index in [1.165, 1.54) is 0 Å². The first-order valence-electron chi connectivity index (χ1n) is 8.16. The van der Waals surface area contributed by atoms with Crippen molar-refractivity contribution < 1.29 is 19.4 Å². The maximum Gasteiger partial charge on any atom is 0.359 e. The van der Waals surface area contributed by atoms with E-state index in [2.05, 4.69) is 5.10 Å². The topological polar surface area (TPSA) is 90.7 Å². The number of para-hydroxylation sites is 1. The van der Waals surface area contributed by atoms with E-state index in [0.29, 0.717) is 16.5 Å². The molecule has 134 valence electrons. The second kappa shape index (κ2) is 8.26. The van der Waals surface area contributed by atoms with E-state index >= 15 is 0 Å². The number of benzene rings is 2. The highest BCUT2D eigenvalue weighted by molar-refractivity contribution is 6.02. The second-order valence-electron chi connectivity index (χ2n) is 5.44. The van der Waals surface area contributed by atoms with Gasteiger partial charge in [0, 0.05) is 5.39 Å². The first kappa shape index (κ1) is 17.6. The molecule has 0 atom stereocenters. The summed E-state index contributed by atoms with van der Waals surface area (Å²) in [7, 11) is 0. The molecular weight excluding hydrogens is 336 g/mol. The molecule has 1 N–H and O–H groups in total. The summed E-state index contributed by atoms with van der Waals surface area (Å²) in [6, 6.07) is 15.9. The number of carbonyl (C=O) groups excluding carboxylic acids is 1. The Morgan fingerprint density at radius 2 is 1.69 bits per heavy atom. The van der Waals surface area contributed by atoms with Crippen LogP contribution in [0.15, 0.2) is 59.4 Å². The number of hydrogen-bond donors (Lipinski definition) is 1. The lowest BCUT2D eigenvalue weighted by Gasteiger charge is -2.10. The molecule has 26 heavy (non-hydrogen) atoms. The molecule has 7 nitrogen and oxygen atoms in total. The predicted molar refractivity (Wildman–Crippen MR) is 95.3 cm³/mol. The third-order valence-corrected chi connectivity index (χ3v) is 3.70. The molecule has 2 aromatic carbocycles. The summed E-state index contributed by atoms with van der Waals surface area (Å²) in [5, 5.41) is 13.9. The van der Waals surface area contributed by atoms with Crippen molar-refractivity contribution in [2.45, 2.75) is 6.54 Å². The van der Waals surface area contributed by atoms with Crippen LogP contribution in [0.3, 0.4) is 0 Å². The third-order valence-electron chi connectivity index (χ3n) is 3.70. The number of ether oxygens (including phenoxy) is 2. The van der Waals surface area contributed by atoms with Crippen LogP contribution in [-0.4, -0.2) is 40.7 Å². The van der Waals surface area contributed by atoms with Crippen LogP contribution in [0.5, 0.6) is 5.75 Å². The van der Waals surface area contributed by atoms with Gasteiger partial charge in [-0.15, -0.1) is 0 Å². The zero-order valence-electron chi connectivity index (χ0n) is 14.0. The highest BCUT2D eigenvalue weighted by atomic mass is 16.6. The fraction of sp³-hybridized carbons (Fsp3) is 0.211. The normalized spacial score (nSPS) is 10.7. The standard InChI is InChI=1S/C19H18N2O5/c22-11-10-21-18(23)16-9-5-4-8-15(16)17(20-21)19(24)26-13-12-25-14-6-2-1-3-7-14/h1-9,22H,10-13H2. The minimum Gasteiger partial charge on any atom is -0.490 e. The molecule has 0 spiro atoms. The minimum atomic E-state index is -0.649. The van der Waals surface area contributed by atoms with Gasteiger partial charge in [-0.2, -0.15) is 5.10 Å². The Balaban J connectivity index is 1.75. The molecule has 0 fully saturated rings. The summed E-state index contributed by atoms with van der Waals surface area (Å²) in [5.41, 5.74) is -0.327. The molecule has 1 heterocycles. The third kappa shape index (κ3) is 3.89. The fourth-order valence-corrected chi connectivity index (χ4v) is 2.51. The average Bonchev–Trinajstić information content (AvgIpc) is 2.68. The monoisotopic (exact) mass is 354 g/mol. The SMILES string of the molecule is O=C(OCCOc1ccccc1)c1nn(CCO)c(=O)c2ccccc12. The quantitative estimate of drug-likeness (QED) is 0.512. The smallest absolute Gasteiger partial charge is 0.359 e. The van der Waals surface area contributed by atoms with Gasteiger partial charge >= 0.3 is 5.97 Å². The number of rotatable bonds is 7. The zero-order chi connectivity index (χ0) is 18.4. The van der Waals surface area contributed by atoms with Crippen LogP contribution in [0, 0.1) is 0 Å². The summed E-state index contributed by atoms with van der Waals surface area (Å²) >= 11 is 0. The fourth-order valence-electron chi connectivity index (χ4n) is 2.51. The van der Waals surface area contributed by atoms with Crippen molar-refractivity contribution in [1.29, 1.82) is 0 Å². The van der Waals surface area contributed by atoms with Crippen LogP contribution in [0.2, 0.25) is 0 Å². The molecule has 0 aliphatic carbocycles. The molecule has 0 amide bonds. The summed E-state index contributed by atoms with van der Waals surface area (Å²) in [4.78, 5) is 24.7. The van der Waals surface area contributed by atoms with Crippen molar-refractivity contribution in [3.8, 4) is 5.75 Å². The van der Waals surface area contributed by atoms with E-state index in [4.69, 9.17) is 14.6 Å². The number of esters is 1. The lowest BCUT2D eigenvalue weighted by molar-refractivity contribution is 0.0443. The number of aliphatic hydroxyl groups is 1. The van der Waals surface area contributed by atoms with Crippen molar-refractivity contribution >= 4 is 16.7 Å². The Labute approximate surface area is 149 Å². The first-order valence-corrected chi connectivity index (χ1v) is 8.16. The number of carbonyl (C=O) groups is 1. The Morgan fingerprint density at radius 3 is 2.42 bits per heavy atom. The minimum absolute atomic E-state index is 0.00106. The highest BCUT2D eigenvalue weighted by Gasteiger charge is 2.17. The number of nitrogens with zero attached hydrogens (tertiary/aromatic N) is 2. The van der Waals surface area contributed by atoms with Gasteiger partial charge in [0.1, 0.15) is 19.0 Å². The average molecular weight is 354 g/mol. The molecule has 0 saturated heterocycles. The van der Waals surface area contributed by atoms with E-state index in [1.54, 1.807) is 24.3 Å². The van der Waals surface area contributed by atoms with Crippen LogP contribution in [-0.2, 0) is 11.3 Å². The molecule has 7 heteroatoms. The van der Waals surface area contributed by atoms with Gasteiger partial charge in [0.05, 0.1) is 18.5 Å². The van der Waals surface area contributed by atoms with Crippen molar-refractivity contribution in [2.24, 2.45) is 0 Å². The van der Waals surface area contributed by atoms with Crippen molar-refractivity contribution in [2.75, 3.05) is 19.8 Å². The van der Waals surface area contributed by atoms with Crippen molar-refractivity contribution in [3.63, 3.8) is 0 Å². The Hall–Kier alpha value is -3.19. The molecular formula is C19H18N2O5. The van der Waals surface area contributed by atoms with E-state index in [9.17, 15) is 9.59 Å². The van der Waals surface area contributed by atoms with Crippen LogP contribution in [0.4, 0.5) is 0 Å². The van der Waals surface area contributed by atoms with E-state index in [-0.39, 0.29) is 37.6 Å². The lowest BCUT2D eigenvalue weighted by Crippen LogP contribution is -2.28. The van der Waals surface area contributed by atoms with Gasteiger partial charge in [-0.05, 0) is 18.2 Å². The highest BCUT2D eigenvalue weighted by Crippen LogP contribution is 2.14. The molecule has 3 rings (SSSR count). The van der Waals surface area contributed by atoms with Gasteiger partial charge < -0.3 is 14.6 Å². The first-order chi connectivity index (χ1) is 12.7. The van der Waals surface area contributed by atoms with Gasteiger partial charge in [0.25, 0.3) is 5.56 Å². The Kier molecular flexibility index (Phi) is 5.60. The van der Waals surface area contributed by atoms with Crippen molar-refractivity contribution in [1.82, 2.24) is 9.78 Å². The second-order valence-corrected chi connectivity index (χ2v) is 5.44. The van der Waals surface area contributed by atoms with E-state index in [0.717, 1.165) is 4.68 Å². The van der Waals surface area contributed by atoms with Gasteiger partial charge in [0.2, 0.25) is 0 Å². The van der Waals surface area contributed by atoms with Crippen LogP contribution >= 0.6 is 0 Å². The molecule has 0 unspecified atom stereocenters. The summed E-state index contributed by atoms with van der Waals surface area (Å²) < 4.78 is 11.8. The van der Waals surface area contributed by atoms with Gasteiger partial charge in [0.15, 0.2) is 5.69 Å². The number of fused-ring (bicyclic) bond motifs is 1. The van der Waals surface area contributed by atoms with Gasteiger partial charge in [-0.25, -0.2) is 9.48 Å². The molecule has 0 radical (unpaired) electrons. The Morgan fingerprint density at radius 1 is 1.00 bits per heavy atom. The summed E-state index contributed by atoms with van der Waals surface area (Å²) in [5.74, 6) is 0.0353. The molecule has 0 bridgehead atoms. The van der Waals surface area contributed by atoms with Crippen LogP contribution in [0.1, 0.15) is 10.5 Å². The molecule has 3 aromatic rings. The lowest BCUT2D eigenvalue weighted by atomic mass is 10.1.